The highest BCUT2D eigenvalue weighted by Crippen LogP contribution is 2.43. The summed E-state index contributed by atoms with van der Waals surface area (Å²) in [4.78, 5) is 48.9. The SMILES string of the molecule is CCc1c(-c2cc3cc(NC(=O)OC4CCOC4)ncc3c(NC(=O)OC(C)(C)C)c2F)cnc2c1N(C(=O)OC(C)(C)C)CCO2. The number of ether oxygens (including phenoxy) is 5. The Bertz CT molecular complexity index is 1700. The third-order valence-electron chi connectivity index (χ3n) is 7.18. The maximum absolute atomic E-state index is 16.7. The van der Waals surface area contributed by atoms with Gasteiger partial charge in [-0.1, -0.05) is 6.92 Å². The molecule has 2 aromatic heterocycles. The molecule has 0 spiro atoms. The van der Waals surface area contributed by atoms with Gasteiger partial charge in [0.1, 0.15) is 35.4 Å². The van der Waals surface area contributed by atoms with Crippen molar-refractivity contribution < 1.29 is 42.5 Å². The Morgan fingerprint density at radius 2 is 1.72 bits per heavy atom. The van der Waals surface area contributed by atoms with Gasteiger partial charge in [-0.3, -0.25) is 15.5 Å². The number of halogens is 1. The average Bonchev–Trinajstić information content (AvgIpc) is 3.48. The van der Waals surface area contributed by atoms with Gasteiger partial charge in [0.25, 0.3) is 0 Å². The first kappa shape index (κ1) is 33.6. The quantitative estimate of drug-likeness (QED) is 0.281. The van der Waals surface area contributed by atoms with Gasteiger partial charge >= 0.3 is 18.3 Å². The fraction of sp³-hybridized carbons (Fsp3) is 0.485. The third kappa shape index (κ3) is 7.81. The lowest BCUT2D eigenvalue weighted by Gasteiger charge is -2.33. The molecule has 252 valence electrons. The van der Waals surface area contributed by atoms with Crippen LogP contribution in [-0.4, -0.2) is 71.9 Å². The molecular formula is C33H40FN5O8. The zero-order valence-corrected chi connectivity index (χ0v) is 27.6. The van der Waals surface area contributed by atoms with Crippen LogP contribution in [0.25, 0.3) is 21.9 Å². The molecule has 13 nitrogen and oxygen atoms in total. The van der Waals surface area contributed by atoms with E-state index in [-0.39, 0.29) is 47.6 Å². The first-order valence-corrected chi connectivity index (χ1v) is 15.5. The molecule has 1 saturated heterocycles. The summed E-state index contributed by atoms with van der Waals surface area (Å²) in [5, 5.41) is 5.84. The molecule has 2 aliphatic rings. The third-order valence-corrected chi connectivity index (χ3v) is 7.18. The van der Waals surface area contributed by atoms with Gasteiger partial charge in [-0.25, -0.2) is 28.7 Å². The number of pyridine rings is 2. The highest BCUT2D eigenvalue weighted by molar-refractivity contribution is 6.05. The van der Waals surface area contributed by atoms with Crippen molar-refractivity contribution in [2.24, 2.45) is 0 Å². The zero-order chi connectivity index (χ0) is 34.1. The minimum atomic E-state index is -0.872. The molecule has 1 atom stereocenters. The van der Waals surface area contributed by atoms with Crippen LogP contribution >= 0.6 is 0 Å². The van der Waals surface area contributed by atoms with E-state index in [0.29, 0.717) is 48.3 Å². The molecule has 1 fully saturated rings. The zero-order valence-electron chi connectivity index (χ0n) is 27.6. The largest absolute Gasteiger partial charge is 0.474 e. The molecule has 0 aliphatic carbocycles. The Hall–Kier alpha value is -4.72. The number of aromatic nitrogens is 2. The van der Waals surface area contributed by atoms with Crippen LogP contribution in [-0.2, 0) is 25.4 Å². The van der Waals surface area contributed by atoms with Crippen LogP contribution in [0.5, 0.6) is 5.88 Å². The second-order valence-electron chi connectivity index (χ2n) is 13.2. The van der Waals surface area contributed by atoms with Crippen molar-refractivity contribution in [1.29, 1.82) is 0 Å². The van der Waals surface area contributed by atoms with E-state index in [1.807, 2.05) is 6.92 Å². The number of rotatable bonds is 5. The van der Waals surface area contributed by atoms with Gasteiger partial charge in [0.2, 0.25) is 5.88 Å². The van der Waals surface area contributed by atoms with E-state index >= 15 is 4.39 Å². The van der Waals surface area contributed by atoms with Crippen molar-refractivity contribution >= 4 is 46.2 Å². The van der Waals surface area contributed by atoms with E-state index in [4.69, 9.17) is 23.7 Å². The molecule has 5 rings (SSSR count). The van der Waals surface area contributed by atoms with E-state index in [0.717, 1.165) is 0 Å². The molecule has 3 amide bonds. The number of hydrogen-bond acceptors (Lipinski definition) is 10. The van der Waals surface area contributed by atoms with Gasteiger partial charge in [0, 0.05) is 35.3 Å². The first-order valence-electron chi connectivity index (χ1n) is 15.5. The summed E-state index contributed by atoms with van der Waals surface area (Å²) in [5.41, 5.74) is -0.388. The van der Waals surface area contributed by atoms with Crippen molar-refractivity contribution in [3.05, 3.63) is 35.9 Å². The number of carbonyl (C=O) groups excluding carboxylic acids is 3. The number of carbonyl (C=O) groups is 3. The Morgan fingerprint density at radius 1 is 0.979 bits per heavy atom. The monoisotopic (exact) mass is 653 g/mol. The second kappa shape index (κ2) is 13.2. The Balaban J connectivity index is 1.62. The molecule has 0 saturated carbocycles. The standard InChI is InChI=1S/C33H40FN5O8/c1-8-20-23(16-36-28-27(20)39(10-12-44-28)31(42)47-33(5,6)7)21-13-18-14-24(37-29(40)45-19-9-11-43-17-19)35-15-22(18)26(25(21)34)38-30(41)46-32(2,3)4/h13-16,19H,8-12,17H2,1-7H3,(H,38,41)(H,35,37,40). The van der Waals surface area contributed by atoms with Gasteiger partial charge in [-0.15, -0.1) is 0 Å². The average molecular weight is 654 g/mol. The smallest absolute Gasteiger partial charge is 0.415 e. The molecule has 2 N–H and O–H groups in total. The summed E-state index contributed by atoms with van der Waals surface area (Å²) in [6.07, 6.45) is 1.24. The molecule has 2 aliphatic heterocycles. The van der Waals surface area contributed by atoms with Crippen LogP contribution in [0.2, 0.25) is 0 Å². The number of amides is 3. The van der Waals surface area contributed by atoms with Gasteiger partial charge < -0.3 is 23.7 Å². The predicted octanol–water partition coefficient (Wildman–Crippen LogP) is 6.82. The Kier molecular flexibility index (Phi) is 9.43. The van der Waals surface area contributed by atoms with Crippen LogP contribution < -0.4 is 20.3 Å². The lowest BCUT2D eigenvalue weighted by molar-refractivity contribution is 0.0564. The van der Waals surface area contributed by atoms with Crippen molar-refractivity contribution in [2.75, 3.05) is 41.9 Å². The van der Waals surface area contributed by atoms with Gasteiger partial charge in [0.15, 0.2) is 5.82 Å². The molecule has 0 bridgehead atoms. The Morgan fingerprint density at radius 3 is 2.38 bits per heavy atom. The summed E-state index contributed by atoms with van der Waals surface area (Å²) >= 11 is 0. The van der Waals surface area contributed by atoms with Crippen LogP contribution in [0, 0.1) is 5.82 Å². The molecule has 4 heterocycles. The molecule has 0 radical (unpaired) electrons. The number of anilines is 3. The molecule has 1 unspecified atom stereocenters. The van der Waals surface area contributed by atoms with Crippen LogP contribution in [0.1, 0.15) is 60.5 Å². The minimum absolute atomic E-state index is 0.0771. The molecule has 1 aromatic carbocycles. The number of benzene rings is 1. The number of nitrogens with zero attached hydrogens (tertiary/aromatic N) is 3. The van der Waals surface area contributed by atoms with Gasteiger partial charge in [-0.2, -0.15) is 0 Å². The molecule has 47 heavy (non-hydrogen) atoms. The molecular weight excluding hydrogens is 613 g/mol. The maximum Gasteiger partial charge on any atom is 0.415 e. The van der Waals surface area contributed by atoms with Crippen LogP contribution in [0.3, 0.4) is 0 Å². The summed E-state index contributed by atoms with van der Waals surface area (Å²) < 4.78 is 44.2. The van der Waals surface area contributed by atoms with Crippen molar-refractivity contribution in [2.45, 2.75) is 78.6 Å². The topological polar surface area (TPSA) is 150 Å². The van der Waals surface area contributed by atoms with Gasteiger partial charge in [0.05, 0.1) is 25.4 Å². The van der Waals surface area contributed by atoms with Crippen LogP contribution in [0.15, 0.2) is 24.5 Å². The Labute approximate surface area is 272 Å². The minimum Gasteiger partial charge on any atom is -0.474 e. The van der Waals surface area contributed by atoms with Crippen molar-refractivity contribution in [3.8, 4) is 17.0 Å². The maximum atomic E-state index is 16.7. The lowest BCUT2D eigenvalue weighted by atomic mass is 9.94. The summed E-state index contributed by atoms with van der Waals surface area (Å²) in [6, 6.07) is 3.11. The number of fused-ring (bicyclic) bond motifs is 2. The lowest BCUT2D eigenvalue weighted by Crippen LogP contribution is -2.42. The van der Waals surface area contributed by atoms with E-state index in [9.17, 15) is 14.4 Å². The fourth-order valence-electron chi connectivity index (χ4n) is 5.29. The number of nitrogens with one attached hydrogen (secondary N) is 2. The van der Waals surface area contributed by atoms with E-state index < -0.39 is 35.3 Å². The second-order valence-corrected chi connectivity index (χ2v) is 13.2. The fourth-order valence-corrected chi connectivity index (χ4v) is 5.29. The van der Waals surface area contributed by atoms with Gasteiger partial charge in [-0.05, 0) is 71.0 Å². The van der Waals surface area contributed by atoms with E-state index in [2.05, 4.69) is 20.6 Å². The number of hydrogen-bond donors (Lipinski definition) is 2. The van der Waals surface area contributed by atoms with Crippen molar-refractivity contribution in [1.82, 2.24) is 9.97 Å². The van der Waals surface area contributed by atoms with E-state index in [1.54, 1.807) is 53.7 Å². The summed E-state index contributed by atoms with van der Waals surface area (Å²) in [7, 11) is 0. The molecule has 14 heteroatoms. The summed E-state index contributed by atoms with van der Waals surface area (Å²) in [6.45, 7) is 13.5. The summed E-state index contributed by atoms with van der Waals surface area (Å²) in [5.74, 6) is -0.410. The van der Waals surface area contributed by atoms with Crippen LogP contribution in [0.4, 0.5) is 36.0 Å². The highest BCUT2D eigenvalue weighted by Gasteiger charge is 2.33. The van der Waals surface area contributed by atoms with E-state index in [1.165, 1.54) is 17.3 Å². The molecule has 3 aromatic rings. The first-order chi connectivity index (χ1) is 22.1. The normalized spacial score (nSPS) is 16.3. The van der Waals surface area contributed by atoms with Crippen molar-refractivity contribution in [3.63, 3.8) is 0 Å². The highest BCUT2D eigenvalue weighted by atomic mass is 19.1. The predicted molar refractivity (Wildman–Crippen MR) is 173 cm³/mol.